The minimum atomic E-state index is -0.471. The average Bonchev–Trinajstić information content (AvgIpc) is 2.61. The van der Waals surface area contributed by atoms with Crippen LogP contribution in [0.15, 0.2) is 24.3 Å². The quantitative estimate of drug-likeness (QED) is 0.572. The van der Waals surface area contributed by atoms with Gasteiger partial charge in [0.25, 0.3) is 5.69 Å². The van der Waals surface area contributed by atoms with Crippen molar-refractivity contribution in [3.05, 3.63) is 34.4 Å². The molecule has 0 saturated carbocycles. The van der Waals surface area contributed by atoms with Crippen LogP contribution < -0.4 is 4.90 Å². The second-order valence-corrected chi connectivity index (χ2v) is 8.77. The number of piperidine rings is 2. The van der Waals surface area contributed by atoms with E-state index in [1.807, 2.05) is 37.8 Å². The first-order chi connectivity index (χ1) is 12.7. The molecule has 1 aromatic rings. The number of nitro benzene ring substituents is 1. The molecular formula is C20H29N3O4. The summed E-state index contributed by atoms with van der Waals surface area (Å²) < 4.78 is 5.55. The first-order valence-corrected chi connectivity index (χ1v) is 9.65. The van der Waals surface area contributed by atoms with Crippen LogP contribution in [0.2, 0.25) is 0 Å². The van der Waals surface area contributed by atoms with Crippen molar-refractivity contribution in [2.45, 2.75) is 52.1 Å². The van der Waals surface area contributed by atoms with Crippen molar-refractivity contribution in [3.8, 4) is 0 Å². The zero-order valence-electron chi connectivity index (χ0n) is 16.4. The third kappa shape index (κ3) is 4.70. The van der Waals surface area contributed by atoms with Gasteiger partial charge in [-0.25, -0.2) is 4.79 Å². The van der Waals surface area contributed by atoms with Crippen molar-refractivity contribution in [1.29, 1.82) is 0 Å². The SMILES string of the molecule is CC(C)(C)OC(=O)N1CCCC2(CCN(c3ccc([N+](=O)[O-])cc3)CC2)C1. The van der Waals surface area contributed by atoms with Crippen molar-refractivity contribution in [3.63, 3.8) is 0 Å². The highest BCUT2D eigenvalue weighted by molar-refractivity contribution is 5.68. The second-order valence-electron chi connectivity index (χ2n) is 8.77. The molecule has 2 aliphatic heterocycles. The zero-order chi connectivity index (χ0) is 19.7. The Morgan fingerprint density at radius 1 is 1.11 bits per heavy atom. The van der Waals surface area contributed by atoms with E-state index in [0.717, 1.165) is 57.5 Å². The van der Waals surface area contributed by atoms with E-state index in [4.69, 9.17) is 4.74 Å². The number of nitrogens with zero attached hydrogens (tertiary/aromatic N) is 3. The molecule has 1 amide bonds. The molecule has 7 heteroatoms. The summed E-state index contributed by atoms with van der Waals surface area (Å²) in [5.41, 5.74) is 0.829. The van der Waals surface area contributed by atoms with Gasteiger partial charge < -0.3 is 14.5 Å². The number of nitro groups is 1. The van der Waals surface area contributed by atoms with Crippen LogP contribution in [0.4, 0.5) is 16.2 Å². The number of ether oxygens (including phenoxy) is 1. The van der Waals surface area contributed by atoms with E-state index in [-0.39, 0.29) is 22.1 Å². The average molecular weight is 375 g/mol. The number of likely N-dealkylation sites (tertiary alicyclic amines) is 1. The lowest BCUT2D eigenvalue weighted by molar-refractivity contribution is -0.384. The maximum absolute atomic E-state index is 12.5. The molecule has 0 aromatic heterocycles. The third-order valence-electron chi connectivity index (χ3n) is 5.56. The van der Waals surface area contributed by atoms with Gasteiger partial charge in [-0.1, -0.05) is 0 Å². The van der Waals surface area contributed by atoms with E-state index in [1.54, 1.807) is 12.1 Å². The molecule has 0 unspecified atom stereocenters. The van der Waals surface area contributed by atoms with Gasteiger partial charge in [0.1, 0.15) is 5.60 Å². The van der Waals surface area contributed by atoms with Crippen molar-refractivity contribution >= 4 is 17.5 Å². The summed E-state index contributed by atoms with van der Waals surface area (Å²) in [6.07, 6.45) is 3.98. The lowest BCUT2D eigenvalue weighted by Crippen LogP contribution is -2.52. The van der Waals surface area contributed by atoms with Gasteiger partial charge in [-0.2, -0.15) is 0 Å². The Morgan fingerprint density at radius 2 is 1.74 bits per heavy atom. The van der Waals surface area contributed by atoms with E-state index in [2.05, 4.69) is 4.90 Å². The summed E-state index contributed by atoms with van der Waals surface area (Å²) >= 11 is 0. The molecule has 148 valence electrons. The Balaban J connectivity index is 1.60. The van der Waals surface area contributed by atoms with Gasteiger partial charge in [0, 0.05) is 44.0 Å². The Bertz CT molecular complexity index is 688. The number of rotatable bonds is 2. The second kappa shape index (κ2) is 7.37. The summed E-state index contributed by atoms with van der Waals surface area (Å²) in [4.78, 5) is 27.0. The number of carbonyl (C=O) groups excluding carboxylic acids is 1. The minimum absolute atomic E-state index is 0.118. The van der Waals surface area contributed by atoms with Gasteiger partial charge in [0.2, 0.25) is 0 Å². The van der Waals surface area contributed by atoms with Gasteiger partial charge in [-0.05, 0) is 64.0 Å². The molecule has 2 fully saturated rings. The van der Waals surface area contributed by atoms with E-state index in [0.29, 0.717) is 0 Å². The number of amides is 1. The fraction of sp³-hybridized carbons (Fsp3) is 0.650. The van der Waals surface area contributed by atoms with Crippen molar-refractivity contribution in [2.75, 3.05) is 31.1 Å². The molecule has 1 spiro atoms. The van der Waals surface area contributed by atoms with Crippen LogP contribution in [0.25, 0.3) is 0 Å². The maximum atomic E-state index is 12.5. The lowest BCUT2D eigenvalue weighted by atomic mass is 9.72. The predicted octanol–water partition coefficient (Wildman–Crippen LogP) is 4.21. The standard InChI is InChI=1S/C20H29N3O4/c1-19(2,3)27-18(24)22-12-4-9-20(15-22)10-13-21(14-11-20)16-5-7-17(8-6-16)23(25)26/h5-8H,4,9-15H2,1-3H3. The largest absolute Gasteiger partial charge is 0.444 e. The van der Waals surface area contributed by atoms with E-state index in [9.17, 15) is 14.9 Å². The number of anilines is 1. The molecule has 0 aliphatic carbocycles. The third-order valence-corrected chi connectivity index (χ3v) is 5.56. The first-order valence-electron chi connectivity index (χ1n) is 9.65. The molecule has 3 rings (SSSR count). The molecule has 7 nitrogen and oxygen atoms in total. The van der Waals surface area contributed by atoms with Crippen molar-refractivity contribution in [2.24, 2.45) is 5.41 Å². The molecule has 2 aliphatic rings. The Morgan fingerprint density at radius 3 is 2.30 bits per heavy atom. The normalized spacial score (nSPS) is 19.8. The Kier molecular flexibility index (Phi) is 5.31. The highest BCUT2D eigenvalue weighted by Crippen LogP contribution is 2.41. The summed E-state index contributed by atoms with van der Waals surface area (Å²) in [5.74, 6) is 0. The summed E-state index contributed by atoms with van der Waals surface area (Å²) in [6.45, 7) is 9.02. The van der Waals surface area contributed by atoms with E-state index < -0.39 is 5.60 Å². The molecule has 1 aromatic carbocycles. The Labute approximate surface area is 160 Å². The molecule has 0 N–H and O–H groups in total. The van der Waals surface area contributed by atoms with Crippen LogP contribution in [-0.4, -0.2) is 47.7 Å². The van der Waals surface area contributed by atoms with Crippen LogP contribution in [0.1, 0.15) is 46.5 Å². The van der Waals surface area contributed by atoms with Crippen LogP contribution in [0, 0.1) is 15.5 Å². The van der Waals surface area contributed by atoms with Gasteiger partial charge in [0.15, 0.2) is 0 Å². The van der Waals surface area contributed by atoms with Crippen LogP contribution in [0.5, 0.6) is 0 Å². The highest BCUT2D eigenvalue weighted by atomic mass is 16.6. The highest BCUT2D eigenvalue weighted by Gasteiger charge is 2.40. The molecule has 27 heavy (non-hydrogen) atoms. The van der Waals surface area contributed by atoms with Crippen LogP contribution >= 0.6 is 0 Å². The van der Waals surface area contributed by atoms with Crippen molar-refractivity contribution in [1.82, 2.24) is 4.90 Å². The van der Waals surface area contributed by atoms with Gasteiger partial charge in [-0.3, -0.25) is 10.1 Å². The predicted molar refractivity (Wildman–Crippen MR) is 104 cm³/mol. The number of benzene rings is 1. The molecule has 2 saturated heterocycles. The van der Waals surface area contributed by atoms with E-state index in [1.165, 1.54) is 0 Å². The van der Waals surface area contributed by atoms with Crippen molar-refractivity contribution < 1.29 is 14.5 Å². The maximum Gasteiger partial charge on any atom is 0.410 e. The summed E-state index contributed by atoms with van der Waals surface area (Å²) in [5, 5.41) is 10.8. The Hall–Kier alpha value is -2.31. The molecular weight excluding hydrogens is 346 g/mol. The van der Waals surface area contributed by atoms with Crippen LogP contribution in [0.3, 0.4) is 0 Å². The topological polar surface area (TPSA) is 75.9 Å². The van der Waals surface area contributed by atoms with Gasteiger partial charge >= 0.3 is 6.09 Å². The fourth-order valence-electron chi connectivity index (χ4n) is 4.12. The van der Waals surface area contributed by atoms with Gasteiger partial charge in [-0.15, -0.1) is 0 Å². The summed E-state index contributed by atoms with van der Waals surface area (Å²) in [7, 11) is 0. The minimum Gasteiger partial charge on any atom is -0.444 e. The van der Waals surface area contributed by atoms with Crippen LogP contribution in [-0.2, 0) is 4.74 Å². The summed E-state index contributed by atoms with van der Waals surface area (Å²) in [6, 6.07) is 6.77. The number of carbonyl (C=O) groups is 1. The molecule has 2 heterocycles. The molecule has 0 atom stereocenters. The molecule has 0 bridgehead atoms. The zero-order valence-corrected chi connectivity index (χ0v) is 16.4. The van der Waals surface area contributed by atoms with E-state index >= 15 is 0 Å². The number of hydrogen-bond acceptors (Lipinski definition) is 5. The monoisotopic (exact) mass is 375 g/mol. The number of non-ortho nitro benzene ring substituents is 1. The number of hydrogen-bond donors (Lipinski definition) is 0. The smallest absolute Gasteiger partial charge is 0.410 e. The molecule has 0 radical (unpaired) electrons. The lowest BCUT2D eigenvalue weighted by Gasteiger charge is -2.48. The van der Waals surface area contributed by atoms with Gasteiger partial charge in [0.05, 0.1) is 4.92 Å². The fourth-order valence-corrected chi connectivity index (χ4v) is 4.12. The first kappa shape index (κ1) is 19.5.